The molecule has 0 unspecified atom stereocenters. The lowest BCUT2D eigenvalue weighted by Crippen LogP contribution is -2.50. The van der Waals surface area contributed by atoms with E-state index >= 15 is 0 Å². The van der Waals surface area contributed by atoms with Gasteiger partial charge in [0.25, 0.3) is 5.08 Å². The summed E-state index contributed by atoms with van der Waals surface area (Å²) >= 11 is 0. The minimum atomic E-state index is -6.54. The van der Waals surface area contributed by atoms with Crippen molar-refractivity contribution in [3.05, 3.63) is 0 Å². The highest BCUT2D eigenvalue weighted by molar-refractivity contribution is 7.73. The zero-order valence-electron chi connectivity index (χ0n) is 24.1. The summed E-state index contributed by atoms with van der Waals surface area (Å²) in [4.78, 5) is 182. The van der Waals surface area contributed by atoms with Gasteiger partial charge < -0.3 is 103 Å². The Balaban J connectivity index is 0. The zero-order valence-corrected chi connectivity index (χ0v) is 33.0. The maximum Gasteiger partial charge on any atom is 0.369 e. The van der Waals surface area contributed by atoms with Gasteiger partial charge in [-0.25, -0.2) is 0 Å². The molecule has 0 aliphatic heterocycles. The predicted molar refractivity (Wildman–Crippen MR) is 160 cm³/mol. The Morgan fingerprint density at radius 1 is 0.353 bits per heavy atom. The molecule has 310 valence electrons. The van der Waals surface area contributed by atoms with E-state index in [4.69, 9.17) is 24.7 Å². The van der Waals surface area contributed by atoms with Crippen LogP contribution in [0.25, 0.3) is 0 Å². The van der Waals surface area contributed by atoms with Gasteiger partial charge in [-0.15, -0.1) is 0 Å². The molecule has 0 fully saturated rings. The molecule has 0 heterocycles. The quantitative estimate of drug-likeness (QED) is 0.0608. The number of rotatable bonds is 17. The monoisotopic (exact) mass is 962 g/mol. The number of hydrogen-bond acceptors (Lipinski definition) is 13. The van der Waals surface area contributed by atoms with Crippen molar-refractivity contribution in [2.75, 3.05) is 13.1 Å². The van der Waals surface area contributed by atoms with Gasteiger partial charge in [0.1, 0.15) is 0 Å². The van der Waals surface area contributed by atoms with Gasteiger partial charge in [-0.3, -0.25) is 55.5 Å². The van der Waals surface area contributed by atoms with Crippen LogP contribution in [-0.4, -0.2) is 153 Å². The fraction of sp³-hybridized carbons (Fsp3) is 1.00. The van der Waals surface area contributed by atoms with Gasteiger partial charge >= 0.3 is 76.0 Å². The molecule has 33 nitrogen and oxygen atoms in total. The smallest absolute Gasteiger partial charge is 0.368 e. The Bertz CT molecular complexity index is 1400. The van der Waals surface area contributed by atoms with Crippen molar-refractivity contribution in [1.82, 2.24) is 9.80 Å². The molecule has 0 atom stereocenters. The maximum absolute atomic E-state index is 11.9. The third kappa shape index (κ3) is 16.0. The van der Waals surface area contributed by atoms with Crippen molar-refractivity contribution in [1.29, 1.82) is 0 Å². The van der Waals surface area contributed by atoms with Crippen LogP contribution < -0.4 is 0 Å². The molecule has 51 heavy (non-hydrogen) atoms. The first-order valence-electron chi connectivity index (χ1n) is 11.2. The second kappa shape index (κ2) is 17.1. The Kier molecular flexibility index (Phi) is 18.2. The Hall–Kier alpha value is 1.38. The molecule has 0 saturated heterocycles. The van der Waals surface area contributed by atoms with Crippen molar-refractivity contribution in [3.8, 4) is 0 Å². The topological polar surface area (TPSA) is 602 Å². The van der Waals surface area contributed by atoms with Crippen LogP contribution in [0.3, 0.4) is 0 Å². The minimum absolute atomic E-state index is 0.383. The molecule has 0 amide bonds. The van der Waals surface area contributed by atoms with Gasteiger partial charge in [-0.05, 0) is 6.92 Å². The van der Waals surface area contributed by atoms with Crippen molar-refractivity contribution in [2.24, 2.45) is 0 Å². The molecule has 0 aromatic rings. The Morgan fingerprint density at radius 3 is 0.529 bits per heavy atom. The molecule has 0 saturated carbocycles. The highest BCUT2D eigenvalue weighted by Crippen LogP contribution is 2.71. The Morgan fingerprint density at radius 2 is 0.471 bits per heavy atom. The average Bonchev–Trinajstić information content (AvgIpc) is 2.67. The molecule has 0 aromatic heterocycles. The summed E-state index contributed by atoms with van der Waals surface area (Å²) in [7, 11) is -62.7. The summed E-state index contributed by atoms with van der Waals surface area (Å²) in [5, 5.41) is 5.37. The van der Waals surface area contributed by atoms with Crippen LogP contribution in [-0.2, 0) is 45.7 Å². The molecular formula is C8H32N2O31P10. The third-order valence-corrected chi connectivity index (χ3v) is 23.5. The normalized spacial score (nSPS) is 15.7. The molecule has 0 aliphatic rings. The van der Waals surface area contributed by atoms with Crippen molar-refractivity contribution < 1.29 is 149 Å². The summed E-state index contributed by atoms with van der Waals surface area (Å²) < 4.78 is 115. The third-order valence-electron chi connectivity index (χ3n) is 5.31. The highest BCUT2D eigenvalue weighted by Gasteiger charge is 2.61. The van der Waals surface area contributed by atoms with Crippen LogP contribution in [0.5, 0.6) is 0 Å². The van der Waals surface area contributed by atoms with E-state index in [1.807, 2.05) is 0 Å². The van der Waals surface area contributed by atoms with Crippen molar-refractivity contribution in [3.63, 3.8) is 0 Å². The van der Waals surface area contributed by atoms with E-state index < -0.39 is 126 Å². The second-order valence-electron chi connectivity index (χ2n) is 9.63. The lowest BCUT2D eigenvalue weighted by molar-refractivity contribution is 0.146. The van der Waals surface area contributed by atoms with Gasteiger partial charge in [0.2, 0.25) is 22.1 Å². The highest BCUT2D eigenvalue weighted by atomic mass is 31.3. The molecule has 0 radical (unpaired) electrons. The fourth-order valence-electron chi connectivity index (χ4n) is 3.43. The first-order valence-corrected chi connectivity index (χ1v) is 27.9. The summed E-state index contributed by atoms with van der Waals surface area (Å²) in [6.45, 7) is -4.15. The zero-order chi connectivity index (χ0) is 42.4. The van der Waals surface area contributed by atoms with Gasteiger partial charge in [-0.1, -0.05) is 0 Å². The van der Waals surface area contributed by atoms with Gasteiger partial charge in [0, 0.05) is 13.1 Å². The Labute approximate surface area is 281 Å². The van der Waals surface area contributed by atoms with E-state index in [1.165, 1.54) is 0 Å². The molecule has 0 aromatic carbocycles. The average molecular weight is 962 g/mol. The SMILES string of the molecule is CC(O)(P(=O)(O)O)P(=O)(O)O.O=P(O)(O)C(N(CCN(C(P(=O)(O)O)P(=O)(O)O)C(P(=O)(O)O)P(=O)(O)O)C(P(=O)(O)O)P(=O)(O)O)P(=O)(O)O. The first kappa shape index (κ1) is 54.5. The van der Waals surface area contributed by atoms with Crippen LogP contribution in [0.2, 0.25) is 0 Å². The molecule has 0 bridgehead atoms. The predicted octanol–water partition coefficient (Wildman–Crippen LogP) is -4.85. The molecule has 0 spiro atoms. The largest absolute Gasteiger partial charge is 0.369 e. The van der Waals surface area contributed by atoms with Crippen LogP contribution in [0.4, 0.5) is 0 Å². The van der Waals surface area contributed by atoms with Crippen LogP contribution in [0.15, 0.2) is 0 Å². The standard InChI is InChI=1S/C6H24N2O24P8.C2H8O7P2/c9-33(10,11)3(34(12,13)14)7(4(35(15,16)17)36(18,19)20)1-2-8(5(37(21,22)23)38(24,25)26)6(39(27,28)29)40(30,31)32;1-2(3,10(4,5)6)11(7,8)9/h3-6H,1-2H2,(H2,9,10,11)(H2,12,13,14)(H2,15,16,17)(H2,18,19,20)(H2,21,22,23)(H2,24,25,26)(H2,27,28,29)(H2,30,31,32);3H,1H3,(H2,4,5,6)(H2,7,8,9). The first-order chi connectivity index (χ1) is 21.5. The lowest BCUT2D eigenvalue weighted by Gasteiger charge is -2.41. The summed E-state index contributed by atoms with van der Waals surface area (Å²) in [5.41, 5.74) is -15.9. The van der Waals surface area contributed by atoms with Gasteiger partial charge in [0.05, 0.1) is 0 Å². The molecule has 21 N–H and O–H groups in total. The summed E-state index contributed by atoms with van der Waals surface area (Å²) in [6, 6.07) is 0. The molecule has 0 rings (SSSR count). The van der Waals surface area contributed by atoms with E-state index in [0.717, 1.165) is 0 Å². The van der Waals surface area contributed by atoms with Crippen LogP contribution >= 0.6 is 76.0 Å². The van der Waals surface area contributed by atoms with Crippen molar-refractivity contribution >= 4 is 76.0 Å². The molecular weight excluding hydrogens is 930 g/mol. The summed E-state index contributed by atoms with van der Waals surface area (Å²) in [6.07, 6.45) is 0. The van der Waals surface area contributed by atoms with Crippen LogP contribution in [0, 0.1) is 0 Å². The van der Waals surface area contributed by atoms with E-state index in [0.29, 0.717) is 6.92 Å². The van der Waals surface area contributed by atoms with Gasteiger partial charge in [0.15, 0.2) is 0 Å². The molecule has 43 heteroatoms. The van der Waals surface area contributed by atoms with E-state index in [-0.39, 0.29) is 0 Å². The summed E-state index contributed by atoms with van der Waals surface area (Å²) in [5.74, 6) is 0. The lowest BCUT2D eigenvalue weighted by atomic mass is 10.5. The van der Waals surface area contributed by atoms with E-state index in [9.17, 15) is 124 Å². The fourth-order valence-corrected chi connectivity index (χ4v) is 17.0. The molecule has 0 aliphatic carbocycles. The van der Waals surface area contributed by atoms with E-state index in [1.54, 1.807) is 0 Å². The second-order valence-corrected chi connectivity index (χ2v) is 28.9. The number of hydrogen-bond donors (Lipinski definition) is 21. The number of aliphatic hydroxyl groups is 1. The van der Waals surface area contributed by atoms with Gasteiger partial charge in [-0.2, -0.15) is 0 Å². The number of nitrogens with zero attached hydrogens (tertiary/aromatic N) is 2. The maximum atomic E-state index is 11.9. The van der Waals surface area contributed by atoms with E-state index in [2.05, 4.69) is 0 Å². The van der Waals surface area contributed by atoms with Crippen molar-refractivity contribution in [2.45, 2.75) is 34.1 Å². The minimum Gasteiger partial charge on any atom is -0.368 e. The van der Waals surface area contributed by atoms with Crippen LogP contribution in [0.1, 0.15) is 6.92 Å².